The highest BCUT2D eigenvalue weighted by atomic mass is 32.2. The van der Waals surface area contributed by atoms with Crippen LogP contribution in [-0.4, -0.2) is 40.4 Å². The second-order valence-corrected chi connectivity index (χ2v) is 8.30. The first-order valence-electron chi connectivity index (χ1n) is 9.59. The van der Waals surface area contributed by atoms with Gasteiger partial charge in [-0.15, -0.1) is 11.8 Å². The van der Waals surface area contributed by atoms with Crippen LogP contribution >= 0.6 is 11.8 Å². The number of nitrogens with one attached hydrogen (secondary N) is 1. The van der Waals surface area contributed by atoms with Crippen LogP contribution in [0.25, 0.3) is 0 Å². The van der Waals surface area contributed by atoms with E-state index in [0.29, 0.717) is 23.8 Å². The SMILES string of the molecule is CCCNC(=O)[C@@H]1CS[C@@H](C2CCCCC2)N1C(=O)c1ccc(F)cc1. The molecule has 1 aliphatic carbocycles. The number of halogens is 1. The quantitative estimate of drug-likeness (QED) is 0.847. The lowest BCUT2D eigenvalue weighted by Crippen LogP contribution is -2.51. The molecule has 1 aromatic rings. The van der Waals surface area contributed by atoms with Crippen molar-refractivity contribution in [2.45, 2.75) is 56.9 Å². The Hall–Kier alpha value is -1.56. The van der Waals surface area contributed by atoms with E-state index in [1.165, 1.54) is 43.5 Å². The minimum absolute atomic E-state index is 0.0326. The molecule has 2 aliphatic rings. The maximum absolute atomic E-state index is 13.2. The molecule has 0 unspecified atom stereocenters. The Morgan fingerprint density at radius 2 is 1.88 bits per heavy atom. The predicted octanol–water partition coefficient (Wildman–Crippen LogP) is 3.82. The second-order valence-electron chi connectivity index (χ2n) is 7.15. The van der Waals surface area contributed by atoms with Crippen LogP contribution in [0.5, 0.6) is 0 Å². The lowest BCUT2D eigenvalue weighted by atomic mass is 9.88. The van der Waals surface area contributed by atoms with E-state index in [4.69, 9.17) is 0 Å². The van der Waals surface area contributed by atoms with Gasteiger partial charge in [0.25, 0.3) is 5.91 Å². The minimum atomic E-state index is -0.448. The number of nitrogens with zero attached hydrogens (tertiary/aromatic N) is 1. The smallest absolute Gasteiger partial charge is 0.255 e. The highest BCUT2D eigenvalue weighted by Gasteiger charge is 2.45. The first-order chi connectivity index (χ1) is 12.6. The largest absolute Gasteiger partial charge is 0.354 e. The van der Waals surface area contributed by atoms with Crippen molar-refractivity contribution in [1.82, 2.24) is 10.2 Å². The van der Waals surface area contributed by atoms with Gasteiger partial charge in [0.2, 0.25) is 5.91 Å². The van der Waals surface area contributed by atoms with E-state index in [0.717, 1.165) is 19.3 Å². The number of carbonyl (C=O) groups is 2. The van der Waals surface area contributed by atoms with Gasteiger partial charge in [0.05, 0.1) is 5.37 Å². The van der Waals surface area contributed by atoms with Crippen molar-refractivity contribution in [3.63, 3.8) is 0 Å². The molecule has 0 radical (unpaired) electrons. The fraction of sp³-hybridized carbons (Fsp3) is 0.600. The third-order valence-corrected chi connectivity index (χ3v) is 6.73. The van der Waals surface area contributed by atoms with Gasteiger partial charge in [0, 0.05) is 17.9 Å². The lowest BCUT2D eigenvalue weighted by Gasteiger charge is -2.35. The van der Waals surface area contributed by atoms with E-state index >= 15 is 0 Å². The first kappa shape index (κ1) is 19.2. The van der Waals surface area contributed by atoms with Crippen molar-refractivity contribution in [3.8, 4) is 0 Å². The number of hydrogen-bond donors (Lipinski definition) is 1. The molecule has 2 atom stereocenters. The number of rotatable bonds is 5. The van der Waals surface area contributed by atoms with Crippen LogP contribution < -0.4 is 5.32 Å². The van der Waals surface area contributed by atoms with Crippen molar-refractivity contribution in [2.24, 2.45) is 5.92 Å². The van der Waals surface area contributed by atoms with Gasteiger partial charge in [0.1, 0.15) is 11.9 Å². The summed E-state index contributed by atoms with van der Waals surface area (Å²) in [7, 11) is 0. The van der Waals surface area contributed by atoms with E-state index in [1.807, 2.05) is 6.92 Å². The summed E-state index contributed by atoms with van der Waals surface area (Å²) in [5, 5.41) is 2.97. The van der Waals surface area contributed by atoms with Crippen LogP contribution in [0.1, 0.15) is 55.8 Å². The Labute approximate surface area is 158 Å². The van der Waals surface area contributed by atoms with Crippen LogP contribution in [-0.2, 0) is 4.79 Å². The van der Waals surface area contributed by atoms with Crippen molar-refractivity contribution in [1.29, 1.82) is 0 Å². The molecule has 1 heterocycles. The third-order valence-electron chi connectivity index (χ3n) is 5.27. The van der Waals surface area contributed by atoms with E-state index < -0.39 is 6.04 Å². The number of carbonyl (C=O) groups excluding carboxylic acids is 2. The third kappa shape index (κ3) is 4.22. The molecule has 0 bridgehead atoms. The molecule has 1 aromatic carbocycles. The summed E-state index contributed by atoms with van der Waals surface area (Å²) >= 11 is 1.72. The van der Waals surface area contributed by atoms with E-state index in [1.54, 1.807) is 16.7 Å². The van der Waals surface area contributed by atoms with Crippen molar-refractivity contribution in [2.75, 3.05) is 12.3 Å². The van der Waals surface area contributed by atoms with Crippen molar-refractivity contribution < 1.29 is 14.0 Å². The fourth-order valence-corrected chi connectivity index (χ4v) is 5.52. The summed E-state index contributed by atoms with van der Waals surface area (Å²) in [5.74, 6) is 0.458. The van der Waals surface area contributed by atoms with Gasteiger partial charge in [-0.1, -0.05) is 26.2 Å². The second kappa shape index (κ2) is 8.89. The summed E-state index contributed by atoms with van der Waals surface area (Å²) in [4.78, 5) is 27.6. The van der Waals surface area contributed by atoms with Gasteiger partial charge < -0.3 is 10.2 Å². The molecule has 142 valence electrons. The lowest BCUT2D eigenvalue weighted by molar-refractivity contribution is -0.125. The van der Waals surface area contributed by atoms with Gasteiger partial charge >= 0.3 is 0 Å². The Kier molecular flexibility index (Phi) is 6.57. The van der Waals surface area contributed by atoms with Crippen molar-refractivity contribution in [3.05, 3.63) is 35.6 Å². The minimum Gasteiger partial charge on any atom is -0.354 e. The van der Waals surface area contributed by atoms with E-state index in [-0.39, 0.29) is 23.0 Å². The highest BCUT2D eigenvalue weighted by Crippen LogP contribution is 2.41. The molecule has 6 heteroatoms. The molecular formula is C20H27FN2O2S. The molecule has 1 saturated carbocycles. The summed E-state index contributed by atoms with van der Waals surface area (Å²) in [6.07, 6.45) is 6.70. The zero-order valence-corrected chi connectivity index (χ0v) is 16.1. The molecule has 2 fully saturated rings. The zero-order chi connectivity index (χ0) is 18.5. The van der Waals surface area contributed by atoms with Gasteiger partial charge in [-0.25, -0.2) is 4.39 Å². The number of hydrogen-bond acceptors (Lipinski definition) is 3. The number of thioether (sulfide) groups is 1. The Bertz CT molecular complexity index is 631. The monoisotopic (exact) mass is 378 g/mol. The summed E-state index contributed by atoms with van der Waals surface area (Å²) in [6, 6.07) is 5.19. The average Bonchev–Trinajstić information content (AvgIpc) is 3.12. The van der Waals surface area contributed by atoms with E-state index in [9.17, 15) is 14.0 Å². The molecular weight excluding hydrogens is 351 g/mol. The normalized spacial score (nSPS) is 23.8. The molecule has 4 nitrogen and oxygen atoms in total. The first-order valence-corrected chi connectivity index (χ1v) is 10.6. The standard InChI is InChI=1S/C20H27FN2O2S/c1-2-12-22-18(24)17-13-26-20(15-6-4-3-5-7-15)23(17)19(25)14-8-10-16(21)11-9-14/h8-11,15,17,20H,2-7,12-13H2,1H3,(H,22,24)/t17-,20-/m0/s1. The molecule has 0 aromatic heterocycles. The Morgan fingerprint density at radius 3 is 2.54 bits per heavy atom. The van der Waals surface area contributed by atoms with Crippen LogP contribution in [0.4, 0.5) is 4.39 Å². The molecule has 3 rings (SSSR count). The average molecular weight is 379 g/mol. The van der Waals surface area contributed by atoms with Gasteiger partial charge in [0.15, 0.2) is 0 Å². The number of benzene rings is 1. The molecule has 26 heavy (non-hydrogen) atoms. The van der Waals surface area contributed by atoms with Crippen molar-refractivity contribution >= 4 is 23.6 Å². The van der Waals surface area contributed by atoms with Gasteiger partial charge in [-0.05, 0) is 49.4 Å². The Balaban J connectivity index is 1.84. The summed E-state index contributed by atoms with van der Waals surface area (Å²) < 4.78 is 13.2. The van der Waals surface area contributed by atoms with Gasteiger partial charge in [-0.2, -0.15) is 0 Å². The fourth-order valence-electron chi connectivity index (χ4n) is 3.88. The Morgan fingerprint density at radius 1 is 1.19 bits per heavy atom. The summed E-state index contributed by atoms with van der Waals surface area (Å²) in [6.45, 7) is 2.63. The van der Waals surface area contributed by atoms with Crippen LogP contribution in [0.2, 0.25) is 0 Å². The molecule has 1 saturated heterocycles. The molecule has 1 aliphatic heterocycles. The highest BCUT2D eigenvalue weighted by molar-refractivity contribution is 8.00. The maximum Gasteiger partial charge on any atom is 0.255 e. The number of amides is 2. The molecule has 1 N–H and O–H groups in total. The zero-order valence-electron chi connectivity index (χ0n) is 15.2. The molecule has 2 amide bonds. The predicted molar refractivity (Wildman–Crippen MR) is 102 cm³/mol. The topological polar surface area (TPSA) is 49.4 Å². The van der Waals surface area contributed by atoms with E-state index in [2.05, 4.69) is 5.32 Å². The van der Waals surface area contributed by atoms with Gasteiger partial charge in [-0.3, -0.25) is 9.59 Å². The van der Waals surface area contributed by atoms with Crippen LogP contribution in [0.15, 0.2) is 24.3 Å². The summed E-state index contributed by atoms with van der Waals surface area (Å²) in [5.41, 5.74) is 0.447. The van der Waals surface area contributed by atoms with Crippen LogP contribution in [0, 0.1) is 11.7 Å². The molecule has 0 spiro atoms. The maximum atomic E-state index is 13.2. The van der Waals surface area contributed by atoms with Crippen LogP contribution in [0.3, 0.4) is 0 Å².